The van der Waals surface area contributed by atoms with Crippen molar-refractivity contribution < 1.29 is 4.79 Å². The summed E-state index contributed by atoms with van der Waals surface area (Å²) in [5, 5.41) is 5.95. The quantitative estimate of drug-likeness (QED) is 0.617. The van der Waals surface area contributed by atoms with Crippen LogP contribution < -0.4 is 10.6 Å². The molecule has 1 saturated carbocycles. The monoisotopic (exact) mass is 208 g/mol. The molecule has 0 bridgehead atoms. The van der Waals surface area contributed by atoms with Crippen LogP contribution in [0.15, 0.2) is 12.5 Å². The lowest BCUT2D eigenvalue weighted by molar-refractivity contribution is -0.120. The number of H-pyrrole nitrogens is 1. The van der Waals surface area contributed by atoms with Crippen molar-refractivity contribution in [2.45, 2.75) is 19.4 Å². The SMILES string of the molecule is O=C(CNCC1CC1)NCc1cnc[nH]1. The smallest absolute Gasteiger partial charge is 0.234 e. The van der Waals surface area contributed by atoms with Crippen molar-refractivity contribution in [2.24, 2.45) is 5.92 Å². The van der Waals surface area contributed by atoms with Crippen LogP contribution in [-0.2, 0) is 11.3 Å². The average molecular weight is 208 g/mol. The van der Waals surface area contributed by atoms with Crippen molar-refractivity contribution in [1.82, 2.24) is 20.6 Å². The summed E-state index contributed by atoms with van der Waals surface area (Å²) in [6.07, 6.45) is 5.93. The Bertz CT molecular complexity index is 305. The molecule has 0 saturated heterocycles. The van der Waals surface area contributed by atoms with E-state index in [0.717, 1.165) is 18.2 Å². The molecule has 1 heterocycles. The van der Waals surface area contributed by atoms with Gasteiger partial charge in [0.05, 0.1) is 25.1 Å². The Kier molecular flexibility index (Phi) is 3.34. The van der Waals surface area contributed by atoms with Gasteiger partial charge in [-0.3, -0.25) is 4.79 Å². The van der Waals surface area contributed by atoms with Gasteiger partial charge in [0.25, 0.3) is 0 Å². The van der Waals surface area contributed by atoms with Crippen molar-refractivity contribution in [2.75, 3.05) is 13.1 Å². The van der Waals surface area contributed by atoms with E-state index in [1.165, 1.54) is 12.8 Å². The van der Waals surface area contributed by atoms with Gasteiger partial charge in [0.1, 0.15) is 0 Å². The topological polar surface area (TPSA) is 69.8 Å². The Morgan fingerprint density at radius 3 is 3.13 bits per heavy atom. The number of nitrogens with one attached hydrogen (secondary N) is 3. The lowest BCUT2D eigenvalue weighted by Crippen LogP contribution is -2.34. The summed E-state index contributed by atoms with van der Waals surface area (Å²) in [7, 11) is 0. The van der Waals surface area contributed by atoms with Crippen molar-refractivity contribution in [3.05, 3.63) is 18.2 Å². The van der Waals surface area contributed by atoms with E-state index in [9.17, 15) is 4.79 Å². The second-order valence-corrected chi connectivity index (χ2v) is 3.93. The number of hydrogen-bond acceptors (Lipinski definition) is 3. The Labute approximate surface area is 88.7 Å². The van der Waals surface area contributed by atoms with Gasteiger partial charge in [0.2, 0.25) is 5.91 Å². The van der Waals surface area contributed by atoms with E-state index in [4.69, 9.17) is 0 Å². The third-order valence-electron chi connectivity index (χ3n) is 2.45. The molecule has 0 spiro atoms. The molecule has 3 N–H and O–H groups in total. The van der Waals surface area contributed by atoms with Crippen LogP contribution in [0.1, 0.15) is 18.5 Å². The number of hydrogen-bond donors (Lipinski definition) is 3. The van der Waals surface area contributed by atoms with Crippen LogP contribution in [0.5, 0.6) is 0 Å². The second kappa shape index (κ2) is 4.93. The predicted molar refractivity (Wildman–Crippen MR) is 56.0 cm³/mol. The Balaban J connectivity index is 1.55. The standard InChI is InChI=1S/C10H16N4O/c15-10(6-11-3-8-1-2-8)13-5-9-4-12-7-14-9/h4,7-8,11H,1-3,5-6H2,(H,12,14)(H,13,15). The Hall–Kier alpha value is -1.36. The minimum atomic E-state index is 0.0326. The molecule has 0 aromatic carbocycles. The number of rotatable bonds is 6. The number of carbonyl (C=O) groups is 1. The number of imidazole rings is 1. The lowest BCUT2D eigenvalue weighted by Gasteiger charge is -2.04. The average Bonchev–Trinajstić information content (AvgIpc) is 2.91. The molecule has 82 valence electrons. The first-order chi connectivity index (χ1) is 7.34. The molecule has 0 radical (unpaired) electrons. The zero-order valence-electron chi connectivity index (χ0n) is 8.62. The van der Waals surface area contributed by atoms with E-state index in [0.29, 0.717) is 13.1 Å². The summed E-state index contributed by atoms with van der Waals surface area (Å²) in [4.78, 5) is 18.1. The molecule has 1 aromatic rings. The van der Waals surface area contributed by atoms with Gasteiger partial charge in [0, 0.05) is 6.20 Å². The molecule has 1 aliphatic carbocycles. The van der Waals surface area contributed by atoms with Gasteiger partial charge >= 0.3 is 0 Å². The van der Waals surface area contributed by atoms with Crippen molar-refractivity contribution >= 4 is 5.91 Å². The van der Waals surface area contributed by atoms with Gasteiger partial charge in [0.15, 0.2) is 0 Å². The fraction of sp³-hybridized carbons (Fsp3) is 0.600. The highest BCUT2D eigenvalue weighted by Gasteiger charge is 2.20. The zero-order chi connectivity index (χ0) is 10.5. The first-order valence-corrected chi connectivity index (χ1v) is 5.29. The summed E-state index contributed by atoms with van der Waals surface area (Å²) in [6.45, 7) is 1.89. The van der Waals surface area contributed by atoms with Crippen molar-refractivity contribution in [3.8, 4) is 0 Å². The molecule has 5 heteroatoms. The summed E-state index contributed by atoms with van der Waals surface area (Å²) < 4.78 is 0. The number of amides is 1. The minimum Gasteiger partial charge on any atom is -0.349 e. The third kappa shape index (κ3) is 3.71. The van der Waals surface area contributed by atoms with Crippen LogP contribution in [0.25, 0.3) is 0 Å². The Morgan fingerprint density at radius 1 is 1.60 bits per heavy atom. The maximum Gasteiger partial charge on any atom is 0.234 e. The largest absolute Gasteiger partial charge is 0.349 e. The highest BCUT2D eigenvalue weighted by Crippen LogP contribution is 2.27. The molecule has 2 rings (SSSR count). The zero-order valence-corrected chi connectivity index (χ0v) is 8.62. The van der Waals surface area contributed by atoms with Gasteiger partial charge in [-0.05, 0) is 25.3 Å². The summed E-state index contributed by atoms with van der Waals surface area (Å²) in [5.74, 6) is 0.843. The molecule has 1 amide bonds. The van der Waals surface area contributed by atoms with Gasteiger partial charge < -0.3 is 15.6 Å². The van der Waals surface area contributed by atoms with E-state index in [-0.39, 0.29) is 5.91 Å². The van der Waals surface area contributed by atoms with E-state index in [1.54, 1.807) is 12.5 Å². The molecule has 0 atom stereocenters. The fourth-order valence-electron chi connectivity index (χ4n) is 1.35. The van der Waals surface area contributed by atoms with E-state index in [2.05, 4.69) is 20.6 Å². The molecule has 1 aromatic heterocycles. The van der Waals surface area contributed by atoms with Crippen molar-refractivity contribution in [3.63, 3.8) is 0 Å². The summed E-state index contributed by atoms with van der Waals surface area (Å²) in [6, 6.07) is 0. The van der Waals surface area contributed by atoms with E-state index < -0.39 is 0 Å². The van der Waals surface area contributed by atoms with Gasteiger partial charge in [-0.1, -0.05) is 0 Å². The highest BCUT2D eigenvalue weighted by atomic mass is 16.1. The van der Waals surface area contributed by atoms with E-state index >= 15 is 0 Å². The van der Waals surface area contributed by atoms with Gasteiger partial charge in [-0.15, -0.1) is 0 Å². The first-order valence-electron chi connectivity index (χ1n) is 5.29. The summed E-state index contributed by atoms with van der Waals surface area (Å²) in [5.41, 5.74) is 0.922. The van der Waals surface area contributed by atoms with Crippen LogP contribution in [0.4, 0.5) is 0 Å². The normalized spacial score (nSPS) is 15.2. The molecule has 0 unspecified atom stereocenters. The molecular formula is C10H16N4O. The molecule has 1 fully saturated rings. The van der Waals surface area contributed by atoms with Crippen LogP contribution in [-0.4, -0.2) is 29.0 Å². The number of nitrogens with zero attached hydrogens (tertiary/aromatic N) is 1. The summed E-state index contributed by atoms with van der Waals surface area (Å²) >= 11 is 0. The second-order valence-electron chi connectivity index (χ2n) is 3.93. The number of aromatic nitrogens is 2. The number of carbonyl (C=O) groups excluding carboxylic acids is 1. The van der Waals surface area contributed by atoms with Crippen LogP contribution in [0.3, 0.4) is 0 Å². The fourth-order valence-corrected chi connectivity index (χ4v) is 1.35. The highest BCUT2D eigenvalue weighted by molar-refractivity contribution is 5.77. The Morgan fingerprint density at radius 2 is 2.47 bits per heavy atom. The van der Waals surface area contributed by atoms with Crippen LogP contribution in [0, 0.1) is 5.92 Å². The molecular weight excluding hydrogens is 192 g/mol. The maximum absolute atomic E-state index is 11.3. The predicted octanol–water partition coefficient (Wildman–Crippen LogP) is 0.0255. The molecule has 15 heavy (non-hydrogen) atoms. The molecule has 0 aliphatic heterocycles. The first kappa shape index (κ1) is 10.2. The molecule has 5 nitrogen and oxygen atoms in total. The van der Waals surface area contributed by atoms with Gasteiger partial charge in [-0.2, -0.15) is 0 Å². The lowest BCUT2D eigenvalue weighted by atomic mass is 10.4. The molecule has 1 aliphatic rings. The number of aromatic amines is 1. The van der Waals surface area contributed by atoms with Crippen molar-refractivity contribution in [1.29, 1.82) is 0 Å². The third-order valence-corrected chi connectivity index (χ3v) is 2.45. The minimum absolute atomic E-state index is 0.0326. The van der Waals surface area contributed by atoms with Crippen LogP contribution in [0.2, 0.25) is 0 Å². The van der Waals surface area contributed by atoms with Crippen LogP contribution >= 0.6 is 0 Å². The maximum atomic E-state index is 11.3. The van der Waals surface area contributed by atoms with Gasteiger partial charge in [-0.25, -0.2) is 4.98 Å². The van der Waals surface area contributed by atoms with E-state index in [1.807, 2.05) is 0 Å².